The van der Waals surface area contributed by atoms with Gasteiger partial charge in [-0.05, 0) is 31.0 Å². The molecular formula is C21H30F3N3O2. The summed E-state index contributed by atoms with van der Waals surface area (Å²) < 4.78 is 36.7. The second-order valence-electron chi connectivity index (χ2n) is 6.99. The molecule has 0 unspecified atom stereocenters. The standard InChI is InChI=1S/C21H30F3N3O2/c1-3-4-5-6-7-8-9-10-11-19(28)27-26-16(2)17-12-14-18(15-13-17)25-20(29)21(22,23)24/h12-15H,3-11H2,1-2H3,(H,25,29)(H,27,28). The third-order valence-electron chi connectivity index (χ3n) is 4.42. The summed E-state index contributed by atoms with van der Waals surface area (Å²) in [5.41, 5.74) is 3.67. The van der Waals surface area contributed by atoms with Gasteiger partial charge in [-0.3, -0.25) is 9.59 Å². The van der Waals surface area contributed by atoms with Crippen LogP contribution in [0.25, 0.3) is 0 Å². The highest BCUT2D eigenvalue weighted by Crippen LogP contribution is 2.18. The summed E-state index contributed by atoms with van der Waals surface area (Å²) >= 11 is 0. The Morgan fingerprint density at radius 1 is 0.931 bits per heavy atom. The van der Waals surface area contributed by atoms with Crippen molar-refractivity contribution in [3.05, 3.63) is 29.8 Å². The van der Waals surface area contributed by atoms with Crippen LogP contribution in [0.5, 0.6) is 0 Å². The molecule has 0 saturated carbocycles. The molecule has 0 heterocycles. The minimum absolute atomic E-state index is 0.0302. The van der Waals surface area contributed by atoms with Gasteiger partial charge in [-0.15, -0.1) is 0 Å². The number of nitrogens with one attached hydrogen (secondary N) is 2. The minimum atomic E-state index is -4.94. The molecule has 1 rings (SSSR count). The number of carbonyl (C=O) groups excluding carboxylic acids is 2. The molecule has 0 aliphatic carbocycles. The summed E-state index contributed by atoms with van der Waals surface area (Å²) in [6, 6.07) is 5.74. The Morgan fingerprint density at radius 2 is 1.48 bits per heavy atom. The fourth-order valence-electron chi connectivity index (χ4n) is 2.68. The molecule has 0 saturated heterocycles. The van der Waals surface area contributed by atoms with E-state index < -0.39 is 12.1 Å². The Labute approximate surface area is 170 Å². The molecule has 162 valence electrons. The largest absolute Gasteiger partial charge is 0.471 e. The van der Waals surface area contributed by atoms with Crippen LogP contribution in [0.3, 0.4) is 0 Å². The Balaban J connectivity index is 2.33. The van der Waals surface area contributed by atoms with Crippen molar-refractivity contribution in [1.82, 2.24) is 5.43 Å². The Bertz CT molecular complexity index is 671. The lowest BCUT2D eigenvalue weighted by atomic mass is 10.1. The van der Waals surface area contributed by atoms with Crippen LogP contribution < -0.4 is 10.7 Å². The maximum absolute atomic E-state index is 12.2. The van der Waals surface area contributed by atoms with Crippen LogP contribution in [0.15, 0.2) is 29.4 Å². The van der Waals surface area contributed by atoms with Crippen LogP contribution in [0.4, 0.5) is 18.9 Å². The summed E-state index contributed by atoms with van der Waals surface area (Å²) in [5.74, 6) is -2.19. The van der Waals surface area contributed by atoms with Crippen LogP contribution >= 0.6 is 0 Å². The Hall–Kier alpha value is -2.38. The van der Waals surface area contributed by atoms with E-state index in [0.717, 1.165) is 19.3 Å². The lowest BCUT2D eigenvalue weighted by Crippen LogP contribution is -2.29. The first-order valence-corrected chi connectivity index (χ1v) is 10.1. The van der Waals surface area contributed by atoms with Crippen LogP contribution in [-0.4, -0.2) is 23.7 Å². The third kappa shape index (κ3) is 10.7. The van der Waals surface area contributed by atoms with Crippen molar-refractivity contribution in [2.45, 2.75) is 77.8 Å². The summed E-state index contributed by atoms with van der Waals surface area (Å²) in [6.07, 6.45) is 4.71. The monoisotopic (exact) mass is 413 g/mol. The molecule has 0 fully saturated rings. The van der Waals surface area contributed by atoms with Crippen molar-refractivity contribution in [2.75, 3.05) is 5.32 Å². The van der Waals surface area contributed by atoms with Gasteiger partial charge in [0.1, 0.15) is 0 Å². The van der Waals surface area contributed by atoms with E-state index in [2.05, 4.69) is 17.5 Å². The Morgan fingerprint density at radius 3 is 2.03 bits per heavy atom. The van der Waals surface area contributed by atoms with E-state index >= 15 is 0 Å². The first-order chi connectivity index (χ1) is 13.7. The van der Waals surface area contributed by atoms with E-state index in [9.17, 15) is 22.8 Å². The predicted molar refractivity (Wildman–Crippen MR) is 109 cm³/mol. The molecule has 0 atom stereocenters. The first-order valence-electron chi connectivity index (χ1n) is 10.1. The highest BCUT2D eigenvalue weighted by atomic mass is 19.4. The van der Waals surface area contributed by atoms with Crippen molar-refractivity contribution >= 4 is 23.2 Å². The number of nitrogens with zero attached hydrogens (tertiary/aromatic N) is 1. The minimum Gasteiger partial charge on any atom is -0.318 e. The van der Waals surface area contributed by atoms with Crippen LogP contribution in [-0.2, 0) is 9.59 Å². The molecule has 0 aliphatic heterocycles. The molecule has 2 amide bonds. The summed E-state index contributed by atoms with van der Waals surface area (Å²) in [5, 5.41) is 5.79. The summed E-state index contributed by atoms with van der Waals surface area (Å²) in [6.45, 7) is 3.87. The van der Waals surface area contributed by atoms with Crippen LogP contribution in [0.1, 0.15) is 77.2 Å². The van der Waals surface area contributed by atoms with Crippen molar-refractivity contribution in [3.8, 4) is 0 Å². The zero-order valence-corrected chi connectivity index (χ0v) is 17.1. The molecule has 0 spiro atoms. The number of rotatable bonds is 12. The number of alkyl halides is 3. The molecule has 0 bridgehead atoms. The average Bonchev–Trinajstić information content (AvgIpc) is 2.68. The lowest BCUT2D eigenvalue weighted by Gasteiger charge is -2.08. The number of hydrazone groups is 1. The number of amides is 2. The van der Waals surface area contributed by atoms with Crippen molar-refractivity contribution < 1.29 is 22.8 Å². The first kappa shape index (κ1) is 24.7. The second kappa shape index (κ2) is 13.0. The quantitative estimate of drug-likeness (QED) is 0.268. The number of carbonyl (C=O) groups is 2. The van der Waals surface area contributed by atoms with Gasteiger partial charge in [0.15, 0.2) is 0 Å². The second-order valence-corrected chi connectivity index (χ2v) is 6.99. The Kier molecular flexibility index (Phi) is 11.0. The van der Waals surface area contributed by atoms with Gasteiger partial charge < -0.3 is 5.32 Å². The van der Waals surface area contributed by atoms with Crippen molar-refractivity contribution in [1.29, 1.82) is 0 Å². The molecule has 0 radical (unpaired) electrons. The molecule has 5 nitrogen and oxygen atoms in total. The molecule has 8 heteroatoms. The smallest absolute Gasteiger partial charge is 0.318 e. The van der Waals surface area contributed by atoms with Crippen LogP contribution in [0, 0.1) is 0 Å². The molecule has 1 aromatic carbocycles. The van der Waals surface area contributed by atoms with Gasteiger partial charge in [0.25, 0.3) is 0 Å². The molecule has 29 heavy (non-hydrogen) atoms. The van der Waals surface area contributed by atoms with E-state index in [0.29, 0.717) is 17.7 Å². The third-order valence-corrected chi connectivity index (χ3v) is 4.42. The molecule has 2 N–H and O–H groups in total. The summed E-state index contributed by atoms with van der Waals surface area (Å²) in [4.78, 5) is 22.8. The number of unbranched alkanes of at least 4 members (excludes halogenated alkanes) is 7. The zero-order valence-electron chi connectivity index (χ0n) is 17.1. The SMILES string of the molecule is CCCCCCCCCCC(=O)NN=C(C)c1ccc(NC(=O)C(F)(F)F)cc1. The highest BCUT2D eigenvalue weighted by molar-refractivity contribution is 6.00. The topological polar surface area (TPSA) is 70.6 Å². The van der Waals surface area contributed by atoms with Gasteiger partial charge >= 0.3 is 12.1 Å². The van der Waals surface area contributed by atoms with E-state index in [4.69, 9.17) is 0 Å². The maximum Gasteiger partial charge on any atom is 0.471 e. The fourth-order valence-corrected chi connectivity index (χ4v) is 2.68. The van der Waals surface area contributed by atoms with E-state index in [1.54, 1.807) is 12.2 Å². The summed E-state index contributed by atoms with van der Waals surface area (Å²) in [7, 11) is 0. The van der Waals surface area contributed by atoms with Crippen molar-refractivity contribution in [2.24, 2.45) is 5.10 Å². The highest BCUT2D eigenvalue weighted by Gasteiger charge is 2.38. The van der Waals surface area contributed by atoms with Gasteiger partial charge in [-0.25, -0.2) is 5.43 Å². The average molecular weight is 413 g/mol. The molecule has 0 aliphatic rings. The van der Waals surface area contributed by atoms with E-state index in [1.165, 1.54) is 56.4 Å². The molecule has 1 aromatic rings. The molecule has 0 aromatic heterocycles. The number of anilines is 1. The van der Waals surface area contributed by atoms with E-state index in [1.807, 2.05) is 0 Å². The maximum atomic E-state index is 12.2. The van der Waals surface area contributed by atoms with Gasteiger partial charge in [-0.2, -0.15) is 18.3 Å². The van der Waals surface area contributed by atoms with Gasteiger partial charge in [0.05, 0.1) is 5.71 Å². The predicted octanol–water partition coefficient (Wildman–Crippen LogP) is 5.56. The van der Waals surface area contributed by atoms with Gasteiger partial charge in [0.2, 0.25) is 5.91 Å². The van der Waals surface area contributed by atoms with E-state index in [-0.39, 0.29) is 11.6 Å². The van der Waals surface area contributed by atoms with Crippen molar-refractivity contribution in [3.63, 3.8) is 0 Å². The van der Waals surface area contributed by atoms with Gasteiger partial charge in [0, 0.05) is 12.1 Å². The number of hydrogen-bond acceptors (Lipinski definition) is 3. The number of halogens is 3. The van der Waals surface area contributed by atoms with Crippen LogP contribution in [0.2, 0.25) is 0 Å². The normalized spacial score (nSPS) is 12.0. The number of hydrogen-bond donors (Lipinski definition) is 2. The lowest BCUT2D eigenvalue weighted by molar-refractivity contribution is -0.167. The molecular weight excluding hydrogens is 383 g/mol. The zero-order chi connectivity index (χ0) is 21.7. The van der Waals surface area contributed by atoms with Gasteiger partial charge in [-0.1, -0.05) is 64.0 Å². The fraction of sp³-hybridized carbons (Fsp3) is 0.571. The number of benzene rings is 1.